The molecule has 4 rings (SSSR count). The lowest BCUT2D eigenvalue weighted by Crippen LogP contribution is -2.23. The van der Waals surface area contributed by atoms with Gasteiger partial charge in [0, 0.05) is 36.5 Å². The molecular weight excluding hydrogens is 400 g/mol. The highest BCUT2D eigenvalue weighted by Gasteiger charge is 2.12. The average molecular weight is 425 g/mol. The van der Waals surface area contributed by atoms with Gasteiger partial charge in [0.15, 0.2) is 0 Å². The maximum atomic E-state index is 12.2. The minimum atomic E-state index is -0.0395. The van der Waals surface area contributed by atoms with Gasteiger partial charge in [-0.3, -0.25) is 9.69 Å². The van der Waals surface area contributed by atoms with Gasteiger partial charge in [-0.25, -0.2) is 0 Å². The highest BCUT2D eigenvalue weighted by Crippen LogP contribution is 2.19. The summed E-state index contributed by atoms with van der Waals surface area (Å²) < 4.78 is 5.25. The van der Waals surface area contributed by atoms with E-state index in [1.165, 1.54) is 31.5 Å². The maximum absolute atomic E-state index is 12.2. The smallest absolute Gasteiger partial charge is 0.227 e. The molecule has 0 radical (unpaired) electrons. The molecule has 1 fully saturated rings. The molecule has 1 saturated heterocycles. The van der Waals surface area contributed by atoms with Crippen LogP contribution in [0.25, 0.3) is 11.4 Å². The second-order valence-electron chi connectivity index (χ2n) is 7.60. The molecule has 1 aromatic heterocycles. The van der Waals surface area contributed by atoms with Crippen LogP contribution in [0.4, 0.5) is 0 Å². The lowest BCUT2D eigenvalue weighted by Gasteiger charge is -2.14. The van der Waals surface area contributed by atoms with Gasteiger partial charge in [-0.15, -0.1) is 0 Å². The Hall–Kier alpha value is -2.70. The van der Waals surface area contributed by atoms with Crippen LogP contribution >= 0.6 is 11.6 Å². The molecule has 3 aromatic rings. The molecular formula is C23H25ClN4O2. The van der Waals surface area contributed by atoms with Gasteiger partial charge in [0.25, 0.3) is 0 Å². The van der Waals surface area contributed by atoms with E-state index in [-0.39, 0.29) is 5.91 Å². The Morgan fingerprint density at radius 2 is 1.73 bits per heavy atom. The van der Waals surface area contributed by atoms with Gasteiger partial charge in [-0.2, -0.15) is 4.98 Å². The molecule has 2 aromatic carbocycles. The Morgan fingerprint density at radius 1 is 1.03 bits per heavy atom. The number of hydrogen-bond acceptors (Lipinski definition) is 5. The van der Waals surface area contributed by atoms with Crippen LogP contribution < -0.4 is 5.32 Å². The van der Waals surface area contributed by atoms with E-state index < -0.39 is 0 Å². The van der Waals surface area contributed by atoms with Crippen molar-refractivity contribution in [2.75, 3.05) is 13.1 Å². The summed E-state index contributed by atoms with van der Waals surface area (Å²) in [6, 6.07) is 15.7. The fourth-order valence-corrected chi connectivity index (χ4v) is 3.67. The Kier molecular flexibility index (Phi) is 6.77. The van der Waals surface area contributed by atoms with Crippen LogP contribution in [0.15, 0.2) is 53.1 Å². The summed E-state index contributed by atoms with van der Waals surface area (Å²) in [5.74, 6) is 0.903. The van der Waals surface area contributed by atoms with Crippen LogP contribution in [-0.4, -0.2) is 34.0 Å². The van der Waals surface area contributed by atoms with Gasteiger partial charge in [0.2, 0.25) is 17.6 Å². The molecule has 0 saturated carbocycles. The molecule has 2 heterocycles. The third-order valence-corrected chi connectivity index (χ3v) is 5.51. The number of carbonyl (C=O) groups is 1. The van der Waals surface area contributed by atoms with Crippen LogP contribution in [0.3, 0.4) is 0 Å². The molecule has 0 unspecified atom stereocenters. The van der Waals surface area contributed by atoms with Crippen molar-refractivity contribution >= 4 is 17.5 Å². The van der Waals surface area contributed by atoms with E-state index in [9.17, 15) is 4.79 Å². The van der Waals surface area contributed by atoms with Gasteiger partial charge < -0.3 is 9.84 Å². The van der Waals surface area contributed by atoms with Gasteiger partial charge >= 0.3 is 0 Å². The molecule has 0 atom stereocenters. The van der Waals surface area contributed by atoms with E-state index in [4.69, 9.17) is 16.1 Å². The summed E-state index contributed by atoms with van der Waals surface area (Å²) in [5.41, 5.74) is 3.24. The largest absolute Gasteiger partial charge is 0.352 e. The van der Waals surface area contributed by atoms with E-state index in [1.54, 1.807) is 12.1 Å². The van der Waals surface area contributed by atoms with Crippen LogP contribution in [0.1, 0.15) is 36.3 Å². The van der Waals surface area contributed by atoms with E-state index in [1.807, 2.05) is 12.1 Å². The quantitative estimate of drug-likeness (QED) is 0.585. The highest BCUT2D eigenvalue weighted by molar-refractivity contribution is 6.30. The second kappa shape index (κ2) is 9.87. The van der Waals surface area contributed by atoms with Gasteiger partial charge in [0.05, 0.1) is 0 Å². The Morgan fingerprint density at radius 3 is 2.47 bits per heavy atom. The zero-order valence-corrected chi connectivity index (χ0v) is 17.6. The van der Waals surface area contributed by atoms with Crippen LogP contribution in [0.2, 0.25) is 5.02 Å². The van der Waals surface area contributed by atoms with Crippen LogP contribution in [0.5, 0.6) is 0 Å². The van der Waals surface area contributed by atoms with Crippen molar-refractivity contribution in [3.63, 3.8) is 0 Å². The zero-order valence-electron chi connectivity index (χ0n) is 16.8. The third kappa shape index (κ3) is 5.68. The molecule has 0 spiro atoms. The fraction of sp³-hybridized carbons (Fsp3) is 0.348. The standard InChI is InChI=1S/C23H25ClN4O2/c24-20-9-7-19(8-10-20)23-26-22(30-27-23)12-11-21(29)25-15-17-3-5-18(6-4-17)16-28-13-1-2-14-28/h3-10H,1-2,11-16H2,(H,25,29). The topological polar surface area (TPSA) is 71.3 Å². The number of rotatable bonds is 8. The van der Waals surface area contributed by atoms with Crippen molar-refractivity contribution in [3.8, 4) is 11.4 Å². The van der Waals surface area contributed by atoms with Gasteiger partial charge in [-0.05, 0) is 61.3 Å². The van der Waals surface area contributed by atoms with E-state index in [2.05, 4.69) is 44.6 Å². The fourth-order valence-electron chi connectivity index (χ4n) is 3.54. The molecule has 0 aliphatic carbocycles. The molecule has 1 aliphatic rings. The number of amides is 1. The molecule has 0 bridgehead atoms. The van der Waals surface area contributed by atoms with Crippen molar-refractivity contribution in [1.82, 2.24) is 20.4 Å². The molecule has 156 valence electrons. The summed E-state index contributed by atoms with van der Waals surface area (Å²) >= 11 is 5.89. The Balaban J connectivity index is 1.21. The first-order valence-corrected chi connectivity index (χ1v) is 10.7. The Labute approximate surface area is 181 Å². The van der Waals surface area contributed by atoms with E-state index in [0.29, 0.717) is 36.1 Å². The lowest BCUT2D eigenvalue weighted by molar-refractivity contribution is -0.121. The maximum Gasteiger partial charge on any atom is 0.227 e. The Bertz CT molecular complexity index is 964. The first kappa shape index (κ1) is 20.6. The summed E-state index contributed by atoms with van der Waals surface area (Å²) in [5, 5.41) is 7.57. The number of hydrogen-bond donors (Lipinski definition) is 1. The first-order valence-electron chi connectivity index (χ1n) is 10.3. The second-order valence-corrected chi connectivity index (χ2v) is 8.03. The number of nitrogens with one attached hydrogen (secondary N) is 1. The molecule has 30 heavy (non-hydrogen) atoms. The average Bonchev–Trinajstić information content (AvgIpc) is 3.44. The summed E-state index contributed by atoms with van der Waals surface area (Å²) in [4.78, 5) is 19.0. The third-order valence-electron chi connectivity index (χ3n) is 5.25. The van der Waals surface area contributed by atoms with Gasteiger partial charge in [0.1, 0.15) is 0 Å². The number of likely N-dealkylation sites (tertiary alicyclic amines) is 1. The number of halogens is 1. The van der Waals surface area contributed by atoms with Gasteiger partial charge in [-0.1, -0.05) is 41.0 Å². The summed E-state index contributed by atoms with van der Waals surface area (Å²) in [6.07, 6.45) is 3.31. The molecule has 1 amide bonds. The van der Waals surface area contributed by atoms with Crippen molar-refractivity contribution < 1.29 is 9.32 Å². The SMILES string of the molecule is O=C(CCc1nc(-c2ccc(Cl)cc2)no1)NCc1ccc(CN2CCCC2)cc1. The normalized spacial score (nSPS) is 14.2. The number of aromatic nitrogens is 2. The van der Waals surface area contributed by atoms with Crippen molar-refractivity contribution in [3.05, 3.63) is 70.6 Å². The zero-order chi connectivity index (χ0) is 20.8. The molecule has 6 nitrogen and oxygen atoms in total. The molecule has 1 N–H and O–H groups in total. The lowest BCUT2D eigenvalue weighted by atomic mass is 10.1. The van der Waals surface area contributed by atoms with E-state index >= 15 is 0 Å². The minimum absolute atomic E-state index is 0.0395. The molecule has 1 aliphatic heterocycles. The van der Waals surface area contributed by atoms with Crippen molar-refractivity contribution in [2.24, 2.45) is 0 Å². The van der Waals surface area contributed by atoms with Crippen LogP contribution in [0, 0.1) is 0 Å². The monoisotopic (exact) mass is 424 g/mol. The number of aryl methyl sites for hydroxylation is 1. The van der Waals surface area contributed by atoms with Crippen LogP contribution in [-0.2, 0) is 24.3 Å². The number of carbonyl (C=O) groups excluding carboxylic acids is 1. The number of benzene rings is 2. The van der Waals surface area contributed by atoms with E-state index in [0.717, 1.165) is 17.7 Å². The first-order chi connectivity index (χ1) is 14.7. The predicted molar refractivity (Wildman–Crippen MR) is 116 cm³/mol. The minimum Gasteiger partial charge on any atom is -0.352 e. The number of nitrogens with zero attached hydrogens (tertiary/aromatic N) is 3. The highest BCUT2D eigenvalue weighted by atomic mass is 35.5. The predicted octanol–water partition coefficient (Wildman–Crippen LogP) is 4.23. The van der Waals surface area contributed by atoms with Crippen molar-refractivity contribution in [2.45, 2.75) is 38.8 Å². The van der Waals surface area contributed by atoms with Crippen molar-refractivity contribution in [1.29, 1.82) is 0 Å². The summed E-state index contributed by atoms with van der Waals surface area (Å²) in [7, 11) is 0. The summed E-state index contributed by atoms with van der Waals surface area (Å²) in [6.45, 7) is 3.91. The molecule has 7 heteroatoms.